The zero-order valence-electron chi connectivity index (χ0n) is 14.5. The second-order valence-corrected chi connectivity index (χ2v) is 6.53. The van der Waals surface area contributed by atoms with Crippen molar-refractivity contribution in [1.82, 2.24) is 20.3 Å². The lowest BCUT2D eigenvalue weighted by molar-refractivity contribution is 0.0937. The molecule has 0 saturated heterocycles. The van der Waals surface area contributed by atoms with Crippen molar-refractivity contribution < 1.29 is 9.53 Å². The number of thiazole rings is 1. The number of ether oxygens (including phenoxy) is 1. The number of aryl methyl sites for hydroxylation is 1. The number of methoxy groups -OCH3 is 1. The van der Waals surface area contributed by atoms with E-state index in [1.165, 1.54) is 11.3 Å². The highest BCUT2D eigenvalue weighted by molar-refractivity contribution is 7.18. The van der Waals surface area contributed by atoms with Gasteiger partial charge >= 0.3 is 0 Å². The van der Waals surface area contributed by atoms with Crippen molar-refractivity contribution in [1.29, 1.82) is 0 Å². The summed E-state index contributed by atoms with van der Waals surface area (Å²) in [7, 11) is 1.60. The zero-order chi connectivity index (χ0) is 18.4. The smallest absolute Gasteiger partial charge is 0.251 e. The van der Waals surface area contributed by atoms with Crippen LogP contribution in [0.5, 0.6) is 0 Å². The number of aromatic nitrogens is 3. The normalized spacial score (nSPS) is 10.5. The standard InChI is InChI=1S/C18H19N5O2S/c1-12-9-13(17(24)20-7-8-25-2)10-16(22-12)23-18-21-11-15(26-18)14-5-3-4-6-19-14/h3-6,9-11H,7-8H2,1-2H3,(H,20,24)(H,21,22,23). The first kappa shape index (κ1) is 18.0. The molecule has 3 rings (SSSR count). The van der Waals surface area contributed by atoms with Crippen molar-refractivity contribution in [3.05, 3.63) is 54.0 Å². The summed E-state index contributed by atoms with van der Waals surface area (Å²) in [5.41, 5.74) is 2.15. The number of hydrogen-bond acceptors (Lipinski definition) is 7. The molecule has 3 aromatic heterocycles. The van der Waals surface area contributed by atoms with Gasteiger partial charge in [0.25, 0.3) is 5.91 Å². The van der Waals surface area contributed by atoms with E-state index in [1.807, 2.05) is 25.1 Å². The Labute approximate surface area is 155 Å². The lowest BCUT2D eigenvalue weighted by Crippen LogP contribution is -2.27. The van der Waals surface area contributed by atoms with Gasteiger partial charge in [-0.25, -0.2) is 9.97 Å². The second kappa shape index (κ2) is 8.50. The van der Waals surface area contributed by atoms with Crippen molar-refractivity contribution in [3.63, 3.8) is 0 Å². The van der Waals surface area contributed by atoms with E-state index in [1.54, 1.807) is 31.6 Å². The van der Waals surface area contributed by atoms with Crippen LogP contribution in [0.25, 0.3) is 10.6 Å². The quantitative estimate of drug-likeness (QED) is 0.622. The largest absolute Gasteiger partial charge is 0.383 e. The lowest BCUT2D eigenvalue weighted by atomic mass is 10.2. The minimum absolute atomic E-state index is 0.163. The van der Waals surface area contributed by atoms with Crippen LogP contribution in [-0.4, -0.2) is 41.1 Å². The Morgan fingerprint density at radius 2 is 2.15 bits per heavy atom. The molecule has 2 N–H and O–H groups in total. The summed E-state index contributed by atoms with van der Waals surface area (Å²) in [5.74, 6) is 0.410. The van der Waals surface area contributed by atoms with E-state index >= 15 is 0 Å². The Kier molecular flexibility index (Phi) is 5.88. The predicted molar refractivity (Wildman–Crippen MR) is 102 cm³/mol. The van der Waals surface area contributed by atoms with Crippen LogP contribution in [0.15, 0.2) is 42.7 Å². The van der Waals surface area contributed by atoms with Crippen LogP contribution in [-0.2, 0) is 4.74 Å². The van der Waals surface area contributed by atoms with E-state index in [0.29, 0.717) is 29.7 Å². The van der Waals surface area contributed by atoms with Crippen LogP contribution in [0.1, 0.15) is 16.1 Å². The van der Waals surface area contributed by atoms with E-state index < -0.39 is 0 Å². The maximum absolute atomic E-state index is 12.2. The molecule has 0 spiro atoms. The number of carbonyl (C=O) groups excluding carboxylic acids is 1. The highest BCUT2D eigenvalue weighted by atomic mass is 32.1. The monoisotopic (exact) mass is 369 g/mol. The number of nitrogens with one attached hydrogen (secondary N) is 2. The number of amides is 1. The summed E-state index contributed by atoms with van der Waals surface area (Å²) in [6, 6.07) is 9.20. The van der Waals surface area contributed by atoms with E-state index in [4.69, 9.17) is 4.74 Å². The molecule has 0 fully saturated rings. The minimum Gasteiger partial charge on any atom is -0.383 e. The fourth-order valence-electron chi connectivity index (χ4n) is 2.30. The van der Waals surface area contributed by atoms with Crippen LogP contribution < -0.4 is 10.6 Å². The third-order valence-electron chi connectivity index (χ3n) is 3.47. The SMILES string of the molecule is COCCNC(=O)c1cc(C)nc(Nc2ncc(-c3ccccn3)s2)c1. The molecule has 8 heteroatoms. The number of pyridine rings is 2. The average molecular weight is 369 g/mol. The fraction of sp³-hybridized carbons (Fsp3) is 0.222. The molecule has 0 aliphatic heterocycles. The van der Waals surface area contributed by atoms with Gasteiger partial charge in [-0.05, 0) is 31.2 Å². The number of nitrogens with zero attached hydrogens (tertiary/aromatic N) is 3. The van der Waals surface area contributed by atoms with Gasteiger partial charge in [0.2, 0.25) is 0 Å². The molecule has 0 radical (unpaired) electrons. The highest BCUT2D eigenvalue weighted by Gasteiger charge is 2.10. The third-order valence-corrected chi connectivity index (χ3v) is 4.40. The van der Waals surface area contributed by atoms with Gasteiger partial charge in [0.1, 0.15) is 5.82 Å². The molecule has 3 aromatic rings. The van der Waals surface area contributed by atoms with Crippen LogP contribution in [0, 0.1) is 6.92 Å². The molecule has 1 amide bonds. The first-order valence-electron chi connectivity index (χ1n) is 8.06. The van der Waals surface area contributed by atoms with E-state index in [-0.39, 0.29) is 5.91 Å². The second-order valence-electron chi connectivity index (χ2n) is 5.50. The summed E-state index contributed by atoms with van der Waals surface area (Å²) < 4.78 is 4.94. The maximum atomic E-state index is 12.2. The highest BCUT2D eigenvalue weighted by Crippen LogP contribution is 2.29. The molecule has 0 bridgehead atoms. The van der Waals surface area contributed by atoms with Gasteiger partial charge in [0, 0.05) is 37.3 Å². The summed E-state index contributed by atoms with van der Waals surface area (Å²) in [6.45, 7) is 2.77. The summed E-state index contributed by atoms with van der Waals surface area (Å²) in [5, 5.41) is 6.65. The van der Waals surface area contributed by atoms with Gasteiger partial charge in [-0.15, -0.1) is 0 Å². The number of rotatable bonds is 7. The topological polar surface area (TPSA) is 89.0 Å². The molecule has 0 unspecified atom stereocenters. The zero-order valence-corrected chi connectivity index (χ0v) is 15.3. The van der Waals surface area contributed by atoms with Crippen molar-refractivity contribution in [2.24, 2.45) is 0 Å². The number of anilines is 2. The van der Waals surface area contributed by atoms with Gasteiger partial charge < -0.3 is 15.4 Å². The van der Waals surface area contributed by atoms with Crippen LogP contribution in [0.2, 0.25) is 0 Å². The number of hydrogen-bond donors (Lipinski definition) is 2. The molecular weight excluding hydrogens is 350 g/mol. The van der Waals surface area contributed by atoms with Gasteiger partial charge in [0.15, 0.2) is 5.13 Å². The molecule has 3 heterocycles. The van der Waals surface area contributed by atoms with Gasteiger partial charge in [0.05, 0.1) is 17.2 Å². The fourth-order valence-corrected chi connectivity index (χ4v) is 3.10. The molecule has 7 nitrogen and oxygen atoms in total. The Hall–Kier alpha value is -2.84. The van der Waals surface area contributed by atoms with Crippen LogP contribution in [0.4, 0.5) is 10.9 Å². The molecule has 0 atom stereocenters. The van der Waals surface area contributed by atoms with Crippen molar-refractivity contribution >= 4 is 28.2 Å². The Morgan fingerprint density at radius 1 is 1.27 bits per heavy atom. The lowest BCUT2D eigenvalue weighted by Gasteiger charge is -2.08. The molecule has 0 saturated carbocycles. The Morgan fingerprint density at radius 3 is 2.92 bits per heavy atom. The van der Waals surface area contributed by atoms with E-state index in [2.05, 4.69) is 25.6 Å². The Balaban J connectivity index is 1.74. The van der Waals surface area contributed by atoms with Gasteiger partial charge in [-0.3, -0.25) is 9.78 Å². The minimum atomic E-state index is -0.163. The van der Waals surface area contributed by atoms with Gasteiger partial charge in [-0.1, -0.05) is 17.4 Å². The van der Waals surface area contributed by atoms with Crippen molar-refractivity contribution in [2.75, 3.05) is 25.6 Å². The third kappa shape index (κ3) is 4.62. The maximum Gasteiger partial charge on any atom is 0.251 e. The Bertz CT molecular complexity index is 882. The summed E-state index contributed by atoms with van der Waals surface area (Å²) in [4.78, 5) is 26.3. The average Bonchev–Trinajstić information content (AvgIpc) is 3.10. The van der Waals surface area contributed by atoms with Crippen molar-refractivity contribution in [3.8, 4) is 10.6 Å². The van der Waals surface area contributed by atoms with Crippen LogP contribution in [0.3, 0.4) is 0 Å². The number of carbonyl (C=O) groups is 1. The first-order chi connectivity index (χ1) is 12.7. The van der Waals surface area contributed by atoms with Crippen LogP contribution >= 0.6 is 11.3 Å². The first-order valence-corrected chi connectivity index (χ1v) is 8.87. The van der Waals surface area contributed by atoms with E-state index in [9.17, 15) is 4.79 Å². The van der Waals surface area contributed by atoms with Gasteiger partial charge in [-0.2, -0.15) is 0 Å². The predicted octanol–water partition coefficient (Wildman–Crippen LogP) is 3.03. The summed E-state index contributed by atoms with van der Waals surface area (Å²) >= 11 is 1.48. The van der Waals surface area contributed by atoms with Crippen molar-refractivity contribution in [2.45, 2.75) is 6.92 Å². The molecule has 0 aliphatic rings. The molecule has 0 aliphatic carbocycles. The van der Waals surface area contributed by atoms with E-state index in [0.717, 1.165) is 16.3 Å². The molecule has 26 heavy (non-hydrogen) atoms. The molecular formula is C18H19N5O2S. The molecule has 134 valence electrons. The molecule has 0 aromatic carbocycles. The summed E-state index contributed by atoms with van der Waals surface area (Å²) in [6.07, 6.45) is 3.52.